The molecule has 5 nitrogen and oxygen atoms in total. The molecule has 0 aromatic carbocycles. The van der Waals surface area contributed by atoms with E-state index in [2.05, 4.69) is 10.4 Å². The van der Waals surface area contributed by atoms with Crippen molar-refractivity contribution in [2.75, 3.05) is 6.61 Å². The molecule has 1 rings (SSSR count). The molecule has 1 amide bonds. The second kappa shape index (κ2) is 7.81. The van der Waals surface area contributed by atoms with Gasteiger partial charge in [0.05, 0.1) is 12.1 Å². The number of aliphatic hydroxyl groups excluding tert-OH is 1. The average molecular weight is 335 g/mol. The molecule has 132 valence electrons. The van der Waals surface area contributed by atoms with Gasteiger partial charge in [0.1, 0.15) is 6.54 Å². The summed E-state index contributed by atoms with van der Waals surface area (Å²) in [6.45, 7) is 5.78. The summed E-state index contributed by atoms with van der Waals surface area (Å²) in [4.78, 5) is 12.1. The third-order valence-electron chi connectivity index (χ3n) is 3.79. The van der Waals surface area contributed by atoms with Gasteiger partial charge >= 0.3 is 6.18 Å². The largest absolute Gasteiger partial charge is 0.408 e. The Kier molecular flexibility index (Phi) is 6.61. The summed E-state index contributed by atoms with van der Waals surface area (Å²) in [5.74, 6) is -0.129. The second-order valence-corrected chi connectivity index (χ2v) is 6.03. The maximum Gasteiger partial charge on any atom is 0.408 e. The topological polar surface area (TPSA) is 67.2 Å². The van der Waals surface area contributed by atoms with Crippen LogP contribution in [0.1, 0.15) is 37.2 Å². The third kappa shape index (κ3) is 5.85. The number of hydrogen-bond acceptors (Lipinski definition) is 3. The highest BCUT2D eigenvalue weighted by Crippen LogP contribution is 2.21. The minimum absolute atomic E-state index is 0.0236. The molecular weight excluding hydrogens is 311 g/mol. The zero-order valence-electron chi connectivity index (χ0n) is 13.9. The highest BCUT2D eigenvalue weighted by molar-refractivity contribution is 5.79. The molecule has 1 aromatic rings. The van der Waals surface area contributed by atoms with Gasteiger partial charge in [0.25, 0.3) is 0 Å². The van der Waals surface area contributed by atoms with E-state index >= 15 is 0 Å². The number of rotatable bonds is 7. The summed E-state index contributed by atoms with van der Waals surface area (Å²) in [6, 6.07) is -0.168. The van der Waals surface area contributed by atoms with Crippen LogP contribution in [0.3, 0.4) is 0 Å². The highest BCUT2D eigenvalue weighted by atomic mass is 19.4. The van der Waals surface area contributed by atoms with Crippen molar-refractivity contribution in [3.8, 4) is 0 Å². The quantitative estimate of drug-likeness (QED) is 0.802. The standard InChI is InChI=1S/C15H24F3N3O2/c1-9(2)13(5-6-22)19-14(23)7-12-10(3)20-21(11(12)4)8-15(16,17)18/h9,13,22H,5-8H2,1-4H3,(H,19,23). The first-order valence-electron chi connectivity index (χ1n) is 7.55. The van der Waals surface area contributed by atoms with Crippen LogP contribution in [0.15, 0.2) is 0 Å². The average Bonchev–Trinajstić information content (AvgIpc) is 2.64. The molecule has 0 aliphatic heterocycles. The smallest absolute Gasteiger partial charge is 0.396 e. The van der Waals surface area contributed by atoms with E-state index in [0.717, 1.165) is 4.68 Å². The maximum absolute atomic E-state index is 12.5. The van der Waals surface area contributed by atoms with E-state index in [4.69, 9.17) is 5.11 Å². The predicted octanol–water partition coefficient (Wildman–Crippen LogP) is 2.13. The fourth-order valence-corrected chi connectivity index (χ4v) is 2.44. The summed E-state index contributed by atoms with van der Waals surface area (Å²) in [6.07, 6.45) is -3.94. The first-order chi connectivity index (χ1) is 10.5. The maximum atomic E-state index is 12.5. The van der Waals surface area contributed by atoms with Gasteiger partial charge in [-0.1, -0.05) is 13.8 Å². The Morgan fingerprint density at radius 1 is 1.35 bits per heavy atom. The Balaban J connectivity index is 2.82. The number of nitrogens with zero attached hydrogens (tertiary/aromatic N) is 2. The third-order valence-corrected chi connectivity index (χ3v) is 3.79. The number of aliphatic hydroxyl groups is 1. The van der Waals surface area contributed by atoms with Gasteiger partial charge in [-0.15, -0.1) is 0 Å². The summed E-state index contributed by atoms with van der Waals surface area (Å²) in [5, 5.41) is 15.7. The number of nitrogens with one attached hydrogen (secondary N) is 1. The molecular formula is C15H24F3N3O2. The summed E-state index contributed by atoms with van der Waals surface area (Å²) < 4.78 is 38.4. The van der Waals surface area contributed by atoms with Crippen LogP contribution in [0.25, 0.3) is 0 Å². The lowest BCUT2D eigenvalue weighted by Crippen LogP contribution is -2.40. The van der Waals surface area contributed by atoms with E-state index in [1.165, 1.54) is 6.92 Å². The predicted molar refractivity (Wildman–Crippen MR) is 79.9 cm³/mol. The number of alkyl halides is 3. The van der Waals surface area contributed by atoms with Crippen molar-refractivity contribution < 1.29 is 23.1 Å². The molecule has 0 aliphatic carbocycles. The zero-order chi connectivity index (χ0) is 17.8. The van der Waals surface area contributed by atoms with Crippen molar-refractivity contribution in [1.29, 1.82) is 0 Å². The van der Waals surface area contributed by atoms with Crippen LogP contribution >= 0.6 is 0 Å². The molecule has 0 radical (unpaired) electrons. The van der Waals surface area contributed by atoms with Crippen molar-refractivity contribution in [3.63, 3.8) is 0 Å². The van der Waals surface area contributed by atoms with Gasteiger partial charge in [0, 0.05) is 23.9 Å². The molecule has 2 N–H and O–H groups in total. The Bertz CT molecular complexity index is 539. The van der Waals surface area contributed by atoms with Crippen molar-refractivity contribution in [1.82, 2.24) is 15.1 Å². The van der Waals surface area contributed by atoms with Crippen LogP contribution in [0.5, 0.6) is 0 Å². The van der Waals surface area contributed by atoms with Crippen LogP contribution in [0.4, 0.5) is 13.2 Å². The SMILES string of the molecule is Cc1nn(CC(F)(F)F)c(C)c1CC(=O)NC(CCO)C(C)C. The van der Waals surface area contributed by atoms with E-state index in [1.54, 1.807) is 6.92 Å². The molecule has 0 saturated heterocycles. The first-order valence-corrected chi connectivity index (χ1v) is 7.55. The number of amides is 1. The van der Waals surface area contributed by atoms with E-state index in [-0.39, 0.29) is 30.9 Å². The van der Waals surface area contributed by atoms with Crippen LogP contribution in [0.2, 0.25) is 0 Å². The molecule has 0 fully saturated rings. The molecule has 1 aromatic heterocycles. The van der Waals surface area contributed by atoms with Gasteiger partial charge in [-0.3, -0.25) is 9.48 Å². The Morgan fingerprint density at radius 3 is 2.43 bits per heavy atom. The fraction of sp³-hybridized carbons (Fsp3) is 0.733. The monoisotopic (exact) mass is 335 g/mol. The minimum atomic E-state index is -4.35. The van der Waals surface area contributed by atoms with Crippen LogP contribution in [-0.4, -0.2) is 39.6 Å². The summed E-state index contributed by atoms with van der Waals surface area (Å²) in [7, 11) is 0. The minimum Gasteiger partial charge on any atom is -0.396 e. The van der Waals surface area contributed by atoms with Gasteiger partial charge in [0.15, 0.2) is 0 Å². The molecule has 8 heteroatoms. The molecule has 1 atom stereocenters. The van der Waals surface area contributed by atoms with Gasteiger partial charge in [0.2, 0.25) is 5.91 Å². The van der Waals surface area contributed by atoms with Crippen molar-refractivity contribution >= 4 is 5.91 Å². The fourth-order valence-electron chi connectivity index (χ4n) is 2.44. The van der Waals surface area contributed by atoms with Gasteiger partial charge < -0.3 is 10.4 Å². The lowest BCUT2D eigenvalue weighted by molar-refractivity contribution is -0.143. The molecule has 0 spiro atoms. The Hall–Kier alpha value is -1.57. The van der Waals surface area contributed by atoms with Crippen molar-refractivity contribution in [3.05, 3.63) is 17.0 Å². The van der Waals surface area contributed by atoms with E-state index in [9.17, 15) is 18.0 Å². The van der Waals surface area contributed by atoms with Gasteiger partial charge in [-0.05, 0) is 26.2 Å². The molecule has 1 heterocycles. The highest BCUT2D eigenvalue weighted by Gasteiger charge is 2.30. The molecule has 23 heavy (non-hydrogen) atoms. The lowest BCUT2D eigenvalue weighted by atomic mass is 10.0. The lowest BCUT2D eigenvalue weighted by Gasteiger charge is -2.21. The van der Waals surface area contributed by atoms with Crippen LogP contribution in [-0.2, 0) is 17.8 Å². The van der Waals surface area contributed by atoms with E-state index in [0.29, 0.717) is 23.4 Å². The molecule has 0 aliphatic rings. The van der Waals surface area contributed by atoms with Crippen LogP contribution < -0.4 is 5.32 Å². The van der Waals surface area contributed by atoms with Crippen LogP contribution in [0, 0.1) is 19.8 Å². The Morgan fingerprint density at radius 2 is 1.96 bits per heavy atom. The van der Waals surface area contributed by atoms with Gasteiger partial charge in [-0.25, -0.2) is 0 Å². The Labute approximate surface area is 133 Å². The number of carbonyl (C=O) groups is 1. The number of aromatic nitrogens is 2. The first kappa shape index (κ1) is 19.5. The molecule has 0 bridgehead atoms. The summed E-state index contributed by atoms with van der Waals surface area (Å²) in [5.41, 5.74) is 1.28. The number of carbonyl (C=O) groups excluding carboxylic acids is 1. The number of aryl methyl sites for hydroxylation is 1. The van der Waals surface area contributed by atoms with Gasteiger partial charge in [-0.2, -0.15) is 18.3 Å². The molecule has 0 saturated carbocycles. The van der Waals surface area contributed by atoms with E-state index in [1.807, 2.05) is 13.8 Å². The van der Waals surface area contributed by atoms with E-state index < -0.39 is 12.7 Å². The van der Waals surface area contributed by atoms with Crippen molar-refractivity contribution in [2.24, 2.45) is 5.92 Å². The zero-order valence-corrected chi connectivity index (χ0v) is 13.9. The number of halogens is 3. The number of hydrogen-bond donors (Lipinski definition) is 2. The van der Waals surface area contributed by atoms with Crippen molar-refractivity contribution in [2.45, 2.75) is 59.3 Å². The molecule has 1 unspecified atom stereocenters. The normalized spacial score (nSPS) is 13.4. The summed E-state index contributed by atoms with van der Waals surface area (Å²) >= 11 is 0. The second-order valence-electron chi connectivity index (χ2n) is 6.03.